The van der Waals surface area contributed by atoms with E-state index in [-0.39, 0.29) is 0 Å². The maximum Gasteiger partial charge on any atom is -0.00296 e. The second kappa shape index (κ2) is 9.85. The lowest BCUT2D eigenvalue weighted by Gasteiger charge is -2.15. The molecule has 0 amide bonds. The average molecular weight is 217 g/mol. The number of rotatable bonds is 9. The second-order valence-corrected chi connectivity index (χ2v) is 5.37. The number of hydrogen-bond donors (Lipinski definition) is 1. The summed E-state index contributed by atoms with van der Waals surface area (Å²) in [4.78, 5) is 0. The van der Waals surface area contributed by atoms with Crippen LogP contribution in [0.3, 0.4) is 0 Å². The van der Waals surface area contributed by atoms with Crippen LogP contribution in [0.2, 0.25) is 0 Å². The van der Waals surface area contributed by atoms with E-state index in [2.05, 4.69) is 32.5 Å². The first kappa shape index (κ1) is 14.3. The first-order valence-corrected chi connectivity index (χ1v) is 7.17. The fourth-order valence-electron chi connectivity index (χ4n) is 1.40. The normalized spacial score (nSPS) is 15.4. The lowest BCUT2D eigenvalue weighted by molar-refractivity contribution is 0.499. The first-order chi connectivity index (χ1) is 6.74. The molecule has 0 aromatic rings. The summed E-state index contributed by atoms with van der Waals surface area (Å²) >= 11 is 2.09. The van der Waals surface area contributed by atoms with Crippen molar-refractivity contribution >= 4 is 11.8 Å². The first-order valence-electron chi connectivity index (χ1n) is 6.02. The summed E-state index contributed by atoms with van der Waals surface area (Å²) in [6.07, 6.45) is 5.48. The molecule has 0 aliphatic carbocycles. The third-order valence-electron chi connectivity index (χ3n) is 2.70. The van der Waals surface area contributed by atoms with E-state index in [4.69, 9.17) is 5.73 Å². The molecule has 0 fully saturated rings. The molecule has 0 spiro atoms. The van der Waals surface area contributed by atoms with Gasteiger partial charge in [-0.2, -0.15) is 11.8 Å². The Morgan fingerprint density at radius 2 is 1.93 bits per heavy atom. The minimum atomic E-state index is 0.684. The van der Waals surface area contributed by atoms with Gasteiger partial charge in [0.1, 0.15) is 0 Å². The van der Waals surface area contributed by atoms with Crippen LogP contribution in [0.4, 0.5) is 0 Å². The zero-order chi connectivity index (χ0) is 10.8. The van der Waals surface area contributed by atoms with Gasteiger partial charge in [-0.3, -0.25) is 0 Å². The molecule has 2 atom stereocenters. The topological polar surface area (TPSA) is 26.0 Å². The molecule has 0 bridgehead atoms. The van der Waals surface area contributed by atoms with E-state index in [0.29, 0.717) is 5.92 Å². The Bertz CT molecular complexity index is 117. The van der Waals surface area contributed by atoms with Crippen molar-refractivity contribution in [3.8, 4) is 0 Å². The highest BCUT2D eigenvalue weighted by Gasteiger charge is 2.06. The molecule has 0 aromatic heterocycles. The van der Waals surface area contributed by atoms with Gasteiger partial charge >= 0.3 is 0 Å². The Hall–Kier alpha value is 0.310. The molecule has 0 heterocycles. The standard InChI is InChI=1S/C12H27NS/c1-4-6-7-12(5-2)10-14-9-11(3)8-13/h11-12H,4-10,13H2,1-3H3. The largest absolute Gasteiger partial charge is 0.330 e. The van der Waals surface area contributed by atoms with E-state index in [1.807, 2.05) is 0 Å². The minimum Gasteiger partial charge on any atom is -0.330 e. The summed E-state index contributed by atoms with van der Waals surface area (Å²) in [7, 11) is 0. The van der Waals surface area contributed by atoms with Gasteiger partial charge in [0.05, 0.1) is 0 Å². The number of hydrogen-bond acceptors (Lipinski definition) is 2. The highest BCUT2D eigenvalue weighted by Crippen LogP contribution is 2.19. The van der Waals surface area contributed by atoms with Crippen LogP contribution in [0.1, 0.15) is 46.5 Å². The summed E-state index contributed by atoms with van der Waals surface area (Å²) in [5.74, 6) is 4.19. The van der Waals surface area contributed by atoms with E-state index < -0.39 is 0 Å². The Morgan fingerprint density at radius 3 is 2.43 bits per heavy atom. The van der Waals surface area contributed by atoms with Gasteiger partial charge in [-0.15, -0.1) is 0 Å². The quantitative estimate of drug-likeness (QED) is 0.639. The van der Waals surface area contributed by atoms with Crippen molar-refractivity contribution in [2.45, 2.75) is 46.5 Å². The molecule has 0 aromatic carbocycles. The van der Waals surface area contributed by atoms with E-state index >= 15 is 0 Å². The summed E-state index contributed by atoms with van der Waals surface area (Å²) in [5, 5.41) is 0. The van der Waals surface area contributed by atoms with Crippen LogP contribution < -0.4 is 5.73 Å². The predicted molar refractivity (Wildman–Crippen MR) is 68.8 cm³/mol. The SMILES string of the molecule is CCCCC(CC)CSCC(C)CN. The molecule has 2 unspecified atom stereocenters. The molecule has 0 aliphatic rings. The van der Waals surface area contributed by atoms with Gasteiger partial charge in [-0.1, -0.05) is 40.0 Å². The Morgan fingerprint density at radius 1 is 1.21 bits per heavy atom. The lowest BCUT2D eigenvalue weighted by Crippen LogP contribution is -2.14. The molecule has 0 saturated heterocycles. The predicted octanol–water partition coefficient (Wildman–Crippen LogP) is 3.53. The van der Waals surface area contributed by atoms with Crippen LogP contribution >= 0.6 is 11.8 Å². The maximum atomic E-state index is 5.59. The monoisotopic (exact) mass is 217 g/mol. The van der Waals surface area contributed by atoms with Crippen molar-refractivity contribution < 1.29 is 0 Å². The third-order valence-corrected chi connectivity index (χ3v) is 4.21. The van der Waals surface area contributed by atoms with Crippen molar-refractivity contribution in [1.29, 1.82) is 0 Å². The minimum absolute atomic E-state index is 0.684. The van der Waals surface area contributed by atoms with E-state index in [0.717, 1.165) is 12.5 Å². The van der Waals surface area contributed by atoms with Gasteiger partial charge in [0.2, 0.25) is 0 Å². The zero-order valence-electron chi connectivity index (χ0n) is 10.1. The number of thioether (sulfide) groups is 1. The average Bonchev–Trinajstić information content (AvgIpc) is 2.22. The van der Waals surface area contributed by atoms with Crippen LogP contribution in [0.5, 0.6) is 0 Å². The molecule has 0 rings (SSSR count). The molecule has 0 aliphatic heterocycles. The van der Waals surface area contributed by atoms with Crippen LogP contribution in [-0.4, -0.2) is 18.1 Å². The van der Waals surface area contributed by atoms with Gasteiger partial charge in [0.25, 0.3) is 0 Å². The Labute approximate surface area is 94.2 Å². The summed E-state index contributed by atoms with van der Waals surface area (Å²) in [6, 6.07) is 0. The third kappa shape index (κ3) is 7.69. The Kier molecular flexibility index (Phi) is 10.1. The van der Waals surface area contributed by atoms with Crippen molar-refractivity contribution in [1.82, 2.24) is 0 Å². The molecule has 1 nitrogen and oxygen atoms in total. The van der Waals surface area contributed by atoms with Crippen molar-refractivity contribution in [3.63, 3.8) is 0 Å². The summed E-state index contributed by atoms with van der Waals surface area (Å²) in [5.41, 5.74) is 5.59. The zero-order valence-corrected chi connectivity index (χ0v) is 10.9. The lowest BCUT2D eigenvalue weighted by atomic mass is 10.0. The van der Waals surface area contributed by atoms with Crippen LogP contribution in [0.25, 0.3) is 0 Å². The van der Waals surface area contributed by atoms with Crippen molar-refractivity contribution in [3.05, 3.63) is 0 Å². The van der Waals surface area contributed by atoms with Crippen LogP contribution in [0, 0.1) is 11.8 Å². The maximum absolute atomic E-state index is 5.59. The molecule has 0 saturated carbocycles. The highest BCUT2D eigenvalue weighted by molar-refractivity contribution is 7.99. The number of unbranched alkanes of at least 4 members (excludes halogenated alkanes) is 1. The molecular weight excluding hydrogens is 190 g/mol. The highest BCUT2D eigenvalue weighted by atomic mass is 32.2. The van der Waals surface area contributed by atoms with Gasteiger partial charge < -0.3 is 5.73 Å². The van der Waals surface area contributed by atoms with Gasteiger partial charge in [-0.25, -0.2) is 0 Å². The molecule has 86 valence electrons. The van der Waals surface area contributed by atoms with E-state index in [1.165, 1.54) is 37.2 Å². The van der Waals surface area contributed by atoms with Crippen molar-refractivity contribution in [2.75, 3.05) is 18.1 Å². The molecule has 2 heteroatoms. The molecule has 0 radical (unpaired) electrons. The molecular formula is C12H27NS. The fourth-order valence-corrected chi connectivity index (χ4v) is 2.81. The second-order valence-electron chi connectivity index (χ2n) is 4.29. The molecule has 2 N–H and O–H groups in total. The van der Waals surface area contributed by atoms with E-state index in [9.17, 15) is 0 Å². The fraction of sp³-hybridized carbons (Fsp3) is 1.00. The summed E-state index contributed by atoms with van der Waals surface area (Å²) < 4.78 is 0. The smallest absolute Gasteiger partial charge is 0.00296 e. The van der Waals surface area contributed by atoms with E-state index in [1.54, 1.807) is 0 Å². The molecule has 14 heavy (non-hydrogen) atoms. The van der Waals surface area contributed by atoms with Crippen LogP contribution in [-0.2, 0) is 0 Å². The summed E-state index contributed by atoms with van der Waals surface area (Å²) in [6.45, 7) is 7.66. The Balaban J connectivity index is 3.42. The van der Waals surface area contributed by atoms with Gasteiger partial charge in [0.15, 0.2) is 0 Å². The van der Waals surface area contributed by atoms with Crippen LogP contribution in [0.15, 0.2) is 0 Å². The number of nitrogens with two attached hydrogens (primary N) is 1. The van der Waals surface area contributed by atoms with Gasteiger partial charge in [-0.05, 0) is 36.3 Å². The van der Waals surface area contributed by atoms with Gasteiger partial charge in [0, 0.05) is 0 Å². The van der Waals surface area contributed by atoms with Crippen molar-refractivity contribution in [2.24, 2.45) is 17.6 Å².